The number of phenols is 1. The van der Waals surface area contributed by atoms with Crippen LogP contribution in [0, 0.1) is 11.3 Å². The molecular formula is C19H18N2O4. The lowest BCUT2D eigenvalue weighted by Crippen LogP contribution is -2.07. The first-order valence-electron chi connectivity index (χ1n) is 7.43. The zero-order valence-corrected chi connectivity index (χ0v) is 14.2. The number of methoxy groups -OCH3 is 2. The first kappa shape index (κ1) is 17.9. The van der Waals surface area contributed by atoms with Crippen LogP contribution in [0.25, 0.3) is 5.57 Å². The van der Waals surface area contributed by atoms with E-state index in [-0.39, 0.29) is 11.7 Å². The summed E-state index contributed by atoms with van der Waals surface area (Å²) in [4.78, 5) is 11.4. The maximum atomic E-state index is 11.4. The molecule has 2 aromatic carbocycles. The maximum Gasteiger partial charge on any atom is 0.221 e. The van der Waals surface area contributed by atoms with Gasteiger partial charge >= 0.3 is 0 Å². The summed E-state index contributed by atoms with van der Waals surface area (Å²) >= 11 is 0. The molecule has 0 heterocycles. The molecule has 25 heavy (non-hydrogen) atoms. The summed E-state index contributed by atoms with van der Waals surface area (Å²) in [6, 6.07) is 12.1. The number of benzene rings is 2. The number of carbonyl (C=O) groups is 1. The Kier molecular flexibility index (Phi) is 5.64. The number of hydrogen-bond donors (Lipinski definition) is 2. The number of anilines is 1. The molecule has 0 aliphatic carbocycles. The fourth-order valence-corrected chi connectivity index (χ4v) is 2.42. The Bertz CT molecular complexity index is 866. The molecule has 1 amide bonds. The fourth-order valence-electron chi connectivity index (χ4n) is 2.42. The molecule has 0 unspecified atom stereocenters. The number of nitrogens with zero attached hydrogens (tertiary/aromatic N) is 1. The van der Waals surface area contributed by atoms with E-state index in [0.717, 1.165) is 0 Å². The third-order valence-corrected chi connectivity index (χ3v) is 3.52. The van der Waals surface area contributed by atoms with Gasteiger partial charge < -0.3 is 19.9 Å². The lowest BCUT2D eigenvalue weighted by Gasteiger charge is -2.14. The Morgan fingerprint density at radius 1 is 1.12 bits per heavy atom. The van der Waals surface area contributed by atoms with Crippen LogP contribution < -0.4 is 14.8 Å². The Hall–Kier alpha value is -3.46. The summed E-state index contributed by atoms with van der Waals surface area (Å²) in [5.41, 5.74) is 2.42. The molecule has 2 aromatic rings. The van der Waals surface area contributed by atoms with Gasteiger partial charge in [-0.3, -0.25) is 4.79 Å². The Labute approximate surface area is 145 Å². The van der Waals surface area contributed by atoms with Gasteiger partial charge in [-0.2, -0.15) is 5.26 Å². The van der Waals surface area contributed by atoms with Crippen molar-refractivity contribution in [3.05, 3.63) is 53.6 Å². The molecule has 2 rings (SSSR count). The molecular weight excluding hydrogens is 320 g/mol. The third kappa shape index (κ3) is 4.09. The lowest BCUT2D eigenvalue weighted by atomic mass is 9.96. The molecule has 6 nitrogen and oxygen atoms in total. The number of hydrogen-bond acceptors (Lipinski definition) is 5. The van der Waals surface area contributed by atoms with E-state index in [1.165, 1.54) is 33.3 Å². The van der Waals surface area contributed by atoms with Gasteiger partial charge in [0.2, 0.25) is 5.91 Å². The summed E-state index contributed by atoms with van der Waals surface area (Å²) < 4.78 is 10.3. The Morgan fingerprint density at radius 3 is 2.24 bits per heavy atom. The van der Waals surface area contributed by atoms with Gasteiger partial charge in [-0.15, -0.1) is 0 Å². The van der Waals surface area contributed by atoms with E-state index >= 15 is 0 Å². The zero-order valence-electron chi connectivity index (χ0n) is 14.2. The lowest BCUT2D eigenvalue weighted by molar-refractivity contribution is -0.114. The van der Waals surface area contributed by atoms with Crippen LogP contribution in [0.4, 0.5) is 5.69 Å². The van der Waals surface area contributed by atoms with Crippen molar-refractivity contribution in [1.29, 1.82) is 5.26 Å². The van der Waals surface area contributed by atoms with E-state index in [0.29, 0.717) is 33.9 Å². The van der Waals surface area contributed by atoms with Crippen molar-refractivity contribution in [2.24, 2.45) is 0 Å². The van der Waals surface area contributed by atoms with Crippen LogP contribution in [0.3, 0.4) is 0 Å². The average Bonchev–Trinajstić information content (AvgIpc) is 2.59. The first-order chi connectivity index (χ1) is 12.0. The van der Waals surface area contributed by atoms with Crippen LogP contribution in [0.2, 0.25) is 0 Å². The van der Waals surface area contributed by atoms with E-state index in [1.54, 1.807) is 30.3 Å². The second-order valence-electron chi connectivity index (χ2n) is 5.17. The number of nitriles is 1. The van der Waals surface area contributed by atoms with Crippen LogP contribution in [0.5, 0.6) is 17.2 Å². The highest BCUT2D eigenvalue weighted by Crippen LogP contribution is 2.34. The van der Waals surface area contributed by atoms with Crippen LogP contribution in [0.15, 0.2) is 42.5 Å². The highest BCUT2D eigenvalue weighted by Gasteiger charge is 2.12. The molecule has 0 radical (unpaired) electrons. The largest absolute Gasteiger partial charge is 0.504 e. The van der Waals surface area contributed by atoms with Gasteiger partial charge in [-0.25, -0.2) is 0 Å². The molecule has 0 atom stereocenters. The Balaban J connectivity index is 2.55. The van der Waals surface area contributed by atoms with Gasteiger partial charge in [0.1, 0.15) is 5.75 Å². The van der Waals surface area contributed by atoms with Gasteiger partial charge in [0.15, 0.2) is 11.5 Å². The number of amides is 1. The summed E-state index contributed by atoms with van der Waals surface area (Å²) in [7, 11) is 2.97. The van der Waals surface area contributed by atoms with E-state index in [1.807, 2.05) is 6.07 Å². The van der Waals surface area contributed by atoms with Crippen molar-refractivity contribution in [2.75, 3.05) is 19.5 Å². The average molecular weight is 338 g/mol. The van der Waals surface area contributed by atoms with E-state index < -0.39 is 0 Å². The van der Waals surface area contributed by atoms with Crippen molar-refractivity contribution in [3.8, 4) is 23.3 Å². The van der Waals surface area contributed by atoms with E-state index in [2.05, 4.69) is 5.32 Å². The zero-order chi connectivity index (χ0) is 18.4. The van der Waals surface area contributed by atoms with Crippen LogP contribution in [-0.4, -0.2) is 25.2 Å². The molecule has 0 saturated heterocycles. The van der Waals surface area contributed by atoms with Crippen LogP contribution in [0.1, 0.15) is 18.1 Å². The molecule has 0 aliphatic heterocycles. The monoisotopic (exact) mass is 338 g/mol. The van der Waals surface area contributed by atoms with E-state index in [4.69, 9.17) is 14.7 Å². The highest BCUT2D eigenvalue weighted by molar-refractivity contribution is 5.92. The topological polar surface area (TPSA) is 91.6 Å². The standard InChI is InChI=1S/C19H18N2O4/c1-12(22)21-16-10-13(4-6-18(16)24-2)15(8-9-20)14-5-7-19(25-3)17(23)11-14/h4-8,10-11,23H,1-3H3,(H,21,22). The predicted octanol–water partition coefficient (Wildman–Crippen LogP) is 3.32. The number of carbonyl (C=O) groups excluding carboxylic acids is 1. The fraction of sp³-hybridized carbons (Fsp3) is 0.158. The number of ether oxygens (including phenoxy) is 2. The number of phenolic OH excluding ortho intramolecular Hbond substituents is 1. The minimum Gasteiger partial charge on any atom is -0.504 e. The minimum atomic E-state index is -0.233. The third-order valence-electron chi connectivity index (χ3n) is 3.52. The summed E-state index contributed by atoms with van der Waals surface area (Å²) in [5, 5.41) is 21.8. The van der Waals surface area contributed by atoms with Gasteiger partial charge in [-0.1, -0.05) is 12.1 Å². The number of rotatable bonds is 5. The highest BCUT2D eigenvalue weighted by atomic mass is 16.5. The Morgan fingerprint density at radius 2 is 1.72 bits per heavy atom. The van der Waals surface area contributed by atoms with Crippen LogP contribution in [-0.2, 0) is 4.79 Å². The van der Waals surface area contributed by atoms with Gasteiger partial charge in [0, 0.05) is 13.0 Å². The van der Waals surface area contributed by atoms with Gasteiger partial charge in [-0.05, 0) is 41.0 Å². The normalized spacial score (nSPS) is 10.7. The number of allylic oxidation sites excluding steroid dienone is 1. The smallest absolute Gasteiger partial charge is 0.221 e. The second-order valence-corrected chi connectivity index (χ2v) is 5.17. The molecule has 2 N–H and O–H groups in total. The molecule has 0 aliphatic rings. The summed E-state index contributed by atoms with van der Waals surface area (Å²) in [5.74, 6) is 0.587. The van der Waals surface area contributed by atoms with Crippen molar-refractivity contribution < 1.29 is 19.4 Å². The summed E-state index contributed by atoms with van der Waals surface area (Å²) in [6.07, 6.45) is 1.38. The van der Waals surface area contributed by atoms with Crippen molar-refractivity contribution in [2.45, 2.75) is 6.92 Å². The number of aromatic hydroxyl groups is 1. The first-order valence-corrected chi connectivity index (χ1v) is 7.43. The maximum absolute atomic E-state index is 11.4. The van der Waals surface area contributed by atoms with Crippen molar-refractivity contribution >= 4 is 17.2 Å². The SMILES string of the molecule is COc1ccc(C(=CC#N)c2ccc(OC)c(NC(C)=O)c2)cc1O. The molecule has 0 bridgehead atoms. The van der Waals surface area contributed by atoms with Crippen LogP contribution >= 0.6 is 0 Å². The molecule has 0 aromatic heterocycles. The second kappa shape index (κ2) is 7.88. The minimum absolute atomic E-state index is 0.0283. The van der Waals surface area contributed by atoms with E-state index in [9.17, 15) is 9.90 Å². The van der Waals surface area contributed by atoms with Crippen molar-refractivity contribution in [3.63, 3.8) is 0 Å². The molecule has 6 heteroatoms. The quantitative estimate of drug-likeness (QED) is 0.816. The molecule has 128 valence electrons. The molecule has 0 spiro atoms. The number of nitrogens with one attached hydrogen (secondary N) is 1. The van der Waals surface area contributed by atoms with Gasteiger partial charge in [0.25, 0.3) is 0 Å². The van der Waals surface area contributed by atoms with Crippen molar-refractivity contribution in [1.82, 2.24) is 0 Å². The summed E-state index contributed by atoms with van der Waals surface area (Å²) in [6.45, 7) is 1.40. The molecule has 0 fully saturated rings. The predicted molar refractivity (Wildman–Crippen MR) is 94.6 cm³/mol. The molecule has 0 saturated carbocycles. The van der Waals surface area contributed by atoms with Gasteiger partial charge in [0.05, 0.1) is 26.0 Å².